The lowest BCUT2D eigenvalue weighted by atomic mass is 10.0. The van der Waals surface area contributed by atoms with E-state index in [1.54, 1.807) is 0 Å². The second kappa shape index (κ2) is 8.51. The molecular formula is C32H24N2S2. The number of anilines is 6. The van der Waals surface area contributed by atoms with Crippen LogP contribution in [0.3, 0.4) is 0 Å². The van der Waals surface area contributed by atoms with Gasteiger partial charge in [0.15, 0.2) is 0 Å². The van der Waals surface area contributed by atoms with E-state index < -0.39 is 0 Å². The summed E-state index contributed by atoms with van der Waals surface area (Å²) in [4.78, 5) is 10.0. The van der Waals surface area contributed by atoms with Gasteiger partial charge in [0, 0.05) is 19.6 Å². The topological polar surface area (TPSA) is 6.48 Å². The first-order valence-electron chi connectivity index (χ1n) is 12.1. The molecule has 0 saturated carbocycles. The molecule has 0 unspecified atom stereocenters. The van der Waals surface area contributed by atoms with Crippen LogP contribution >= 0.6 is 23.5 Å². The van der Waals surface area contributed by atoms with Gasteiger partial charge in [-0.2, -0.15) is 0 Å². The van der Waals surface area contributed by atoms with E-state index in [4.69, 9.17) is 0 Å². The normalized spacial score (nSPS) is 13.5. The van der Waals surface area contributed by atoms with E-state index in [1.807, 2.05) is 23.5 Å². The van der Waals surface area contributed by atoms with E-state index in [-0.39, 0.29) is 0 Å². The van der Waals surface area contributed by atoms with Crippen molar-refractivity contribution in [3.63, 3.8) is 0 Å². The van der Waals surface area contributed by atoms with Crippen LogP contribution in [-0.2, 0) is 0 Å². The summed E-state index contributed by atoms with van der Waals surface area (Å²) in [6.07, 6.45) is 0. The van der Waals surface area contributed by atoms with Gasteiger partial charge in [0.2, 0.25) is 0 Å². The SMILES string of the molecule is Cc1cc(N2c3ccccc3Sc3ccccc32)c(N2c3ccccc3Sc3ccccc32)cc1C. The van der Waals surface area contributed by atoms with Gasteiger partial charge in [-0.1, -0.05) is 72.1 Å². The molecule has 0 bridgehead atoms. The molecule has 174 valence electrons. The average molecular weight is 501 g/mol. The molecule has 5 aromatic carbocycles. The van der Waals surface area contributed by atoms with Crippen molar-refractivity contribution in [3.05, 3.63) is 120 Å². The summed E-state index contributed by atoms with van der Waals surface area (Å²) >= 11 is 3.70. The van der Waals surface area contributed by atoms with Crippen LogP contribution in [0, 0.1) is 13.8 Å². The highest BCUT2D eigenvalue weighted by Crippen LogP contribution is 2.57. The number of nitrogens with zero attached hydrogens (tertiary/aromatic N) is 2. The van der Waals surface area contributed by atoms with Crippen molar-refractivity contribution < 1.29 is 0 Å². The zero-order valence-electron chi connectivity index (χ0n) is 20.1. The molecule has 4 heteroatoms. The van der Waals surface area contributed by atoms with Crippen LogP contribution in [-0.4, -0.2) is 0 Å². The van der Waals surface area contributed by atoms with Crippen molar-refractivity contribution in [2.75, 3.05) is 9.80 Å². The molecule has 36 heavy (non-hydrogen) atoms. The third-order valence-electron chi connectivity index (χ3n) is 6.94. The highest BCUT2D eigenvalue weighted by molar-refractivity contribution is 8.00. The minimum Gasteiger partial charge on any atom is -0.306 e. The monoisotopic (exact) mass is 500 g/mol. The van der Waals surface area contributed by atoms with Gasteiger partial charge in [0.1, 0.15) is 0 Å². The molecule has 7 rings (SSSR count). The Bertz CT molecular complexity index is 1430. The molecule has 0 spiro atoms. The first kappa shape index (κ1) is 21.7. The van der Waals surface area contributed by atoms with Crippen molar-refractivity contribution in [1.82, 2.24) is 0 Å². The minimum atomic E-state index is 1.19. The van der Waals surface area contributed by atoms with Gasteiger partial charge >= 0.3 is 0 Å². The van der Waals surface area contributed by atoms with Gasteiger partial charge in [-0.05, 0) is 85.6 Å². The molecule has 0 amide bonds. The molecule has 5 aromatic rings. The number of hydrogen-bond donors (Lipinski definition) is 0. The van der Waals surface area contributed by atoms with E-state index in [9.17, 15) is 0 Å². The second-order valence-corrected chi connectivity index (χ2v) is 11.3. The maximum Gasteiger partial charge on any atom is 0.0706 e. The third-order valence-corrected chi connectivity index (χ3v) is 9.20. The van der Waals surface area contributed by atoms with Gasteiger partial charge in [0.05, 0.1) is 34.1 Å². The molecule has 0 atom stereocenters. The minimum absolute atomic E-state index is 1.19. The number of rotatable bonds is 2. The fourth-order valence-corrected chi connectivity index (χ4v) is 7.19. The van der Waals surface area contributed by atoms with Gasteiger partial charge < -0.3 is 9.80 Å². The fraction of sp³-hybridized carbons (Fsp3) is 0.0625. The summed E-state index contributed by atoms with van der Waals surface area (Å²) < 4.78 is 0. The van der Waals surface area contributed by atoms with Crippen molar-refractivity contribution in [2.24, 2.45) is 0 Å². The van der Waals surface area contributed by atoms with E-state index >= 15 is 0 Å². The van der Waals surface area contributed by atoms with Crippen LogP contribution in [0.25, 0.3) is 0 Å². The Morgan fingerprint density at radius 1 is 0.389 bits per heavy atom. The van der Waals surface area contributed by atoms with Crippen LogP contribution < -0.4 is 9.80 Å². The van der Waals surface area contributed by atoms with Crippen molar-refractivity contribution in [2.45, 2.75) is 33.4 Å². The van der Waals surface area contributed by atoms with E-state index in [0.717, 1.165) is 0 Å². The smallest absolute Gasteiger partial charge is 0.0706 e. The fourth-order valence-electron chi connectivity index (χ4n) is 5.07. The molecule has 2 aliphatic rings. The number of aryl methyl sites for hydroxylation is 2. The largest absolute Gasteiger partial charge is 0.306 e. The van der Waals surface area contributed by atoms with Crippen molar-refractivity contribution >= 4 is 57.6 Å². The lowest BCUT2D eigenvalue weighted by Gasteiger charge is -2.39. The van der Waals surface area contributed by atoms with Gasteiger partial charge in [-0.3, -0.25) is 0 Å². The molecule has 0 saturated heterocycles. The zero-order valence-corrected chi connectivity index (χ0v) is 21.7. The first-order chi connectivity index (χ1) is 17.7. The van der Waals surface area contributed by atoms with Crippen LogP contribution in [0.2, 0.25) is 0 Å². The number of benzene rings is 5. The quantitative estimate of drug-likeness (QED) is 0.233. The third kappa shape index (κ3) is 3.36. The molecule has 0 radical (unpaired) electrons. The first-order valence-corrected chi connectivity index (χ1v) is 13.8. The predicted octanol–water partition coefficient (Wildman–Crippen LogP) is 10.2. The Balaban J connectivity index is 1.54. The van der Waals surface area contributed by atoms with Crippen LogP contribution in [0.5, 0.6) is 0 Å². The molecule has 0 aromatic heterocycles. The van der Waals surface area contributed by atoms with Crippen LogP contribution in [0.4, 0.5) is 34.1 Å². The summed E-state index contributed by atoms with van der Waals surface area (Å²) in [5.41, 5.74) is 9.84. The summed E-state index contributed by atoms with van der Waals surface area (Å²) in [6.45, 7) is 4.43. The second-order valence-electron chi connectivity index (χ2n) is 9.17. The van der Waals surface area contributed by atoms with E-state index in [1.165, 1.54) is 64.8 Å². The summed E-state index contributed by atoms with van der Waals surface area (Å²) in [5.74, 6) is 0. The van der Waals surface area contributed by atoms with E-state index in [2.05, 4.69) is 133 Å². The van der Waals surface area contributed by atoms with Gasteiger partial charge in [-0.25, -0.2) is 0 Å². The summed E-state index contributed by atoms with van der Waals surface area (Å²) in [6, 6.07) is 39.7. The Kier molecular flexibility index (Phi) is 5.12. The zero-order chi connectivity index (χ0) is 24.2. The van der Waals surface area contributed by atoms with Gasteiger partial charge in [0.25, 0.3) is 0 Å². The Hall–Kier alpha value is -3.60. The molecule has 0 N–H and O–H groups in total. The molecule has 0 aliphatic carbocycles. The average Bonchev–Trinajstić information content (AvgIpc) is 2.92. The highest BCUT2D eigenvalue weighted by atomic mass is 32.2. The van der Waals surface area contributed by atoms with Crippen molar-refractivity contribution in [3.8, 4) is 0 Å². The standard InChI is InChI=1S/C32H24N2S2/c1-21-19-27(33-23-11-3-7-15-29(23)35-30-16-8-4-12-24(30)33)28(20-22(21)2)34-25-13-5-9-17-31(25)36-32-18-10-6-14-26(32)34/h3-20H,1-2H3. The number of fused-ring (bicyclic) bond motifs is 4. The number of para-hydroxylation sites is 4. The molecule has 0 fully saturated rings. The lowest BCUT2D eigenvalue weighted by Crippen LogP contribution is -2.21. The Morgan fingerprint density at radius 2 is 0.667 bits per heavy atom. The Morgan fingerprint density at radius 3 is 0.972 bits per heavy atom. The molecule has 2 aliphatic heterocycles. The van der Waals surface area contributed by atoms with Gasteiger partial charge in [-0.15, -0.1) is 0 Å². The Labute approximate surface area is 220 Å². The number of hydrogen-bond acceptors (Lipinski definition) is 4. The maximum absolute atomic E-state index is 2.45. The lowest BCUT2D eigenvalue weighted by molar-refractivity contribution is 1.12. The van der Waals surface area contributed by atoms with Crippen molar-refractivity contribution in [1.29, 1.82) is 0 Å². The molecular weight excluding hydrogens is 477 g/mol. The van der Waals surface area contributed by atoms with Crippen LogP contribution in [0.15, 0.2) is 129 Å². The maximum atomic E-state index is 2.45. The summed E-state index contributed by atoms with van der Waals surface area (Å²) in [5, 5.41) is 0. The highest BCUT2D eigenvalue weighted by Gasteiger charge is 2.31. The van der Waals surface area contributed by atoms with E-state index in [0.29, 0.717) is 0 Å². The summed E-state index contributed by atoms with van der Waals surface area (Å²) in [7, 11) is 0. The molecule has 2 heterocycles. The molecule has 2 nitrogen and oxygen atoms in total. The van der Waals surface area contributed by atoms with Crippen LogP contribution in [0.1, 0.15) is 11.1 Å². The predicted molar refractivity (Wildman–Crippen MR) is 154 cm³/mol.